The molecule has 2 fully saturated rings. The van der Waals surface area contributed by atoms with Gasteiger partial charge >= 0.3 is 0 Å². The molecule has 1 atom stereocenters. The number of nitrogens with zero attached hydrogens (tertiary/aromatic N) is 3. The van der Waals surface area contributed by atoms with Gasteiger partial charge in [0.05, 0.1) is 17.6 Å². The van der Waals surface area contributed by atoms with E-state index < -0.39 is 0 Å². The van der Waals surface area contributed by atoms with Crippen LogP contribution in [-0.2, 0) is 11.3 Å². The summed E-state index contributed by atoms with van der Waals surface area (Å²) in [6, 6.07) is 17.1. The average molecular weight is 404 g/mol. The Morgan fingerprint density at radius 2 is 1.87 bits per heavy atom. The van der Waals surface area contributed by atoms with Crippen LogP contribution < -0.4 is 4.74 Å². The lowest BCUT2D eigenvalue weighted by atomic mass is 10.0. The van der Waals surface area contributed by atoms with Gasteiger partial charge in [-0.3, -0.25) is 4.79 Å². The number of benzene rings is 2. The van der Waals surface area contributed by atoms with Gasteiger partial charge in [-0.15, -0.1) is 0 Å². The summed E-state index contributed by atoms with van der Waals surface area (Å²) in [5.41, 5.74) is 3.42. The van der Waals surface area contributed by atoms with Crippen LogP contribution in [-0.4, -0.2) is 39.6 Å². The lowest BCUT2D eigenvalue weighted by Crippen LogP contribution is -2.27. The first-order chi connectivity index (χ1) is 14.6. The Bertz CT molecular complexity index is 1050. The number of carbonyl (C=O) groups is 1. The number of rotatable bonds is 7. The minimum absolute atomic E-state index is 0.163. The number of hydrogen-bond acceptors (Lipinski definition) is 3. The van der Waals surface area contributed by atoms with Gasteiger partial charge in [-0.05, 0) is 48.6 Å². The number of fused-ring (bicyclic) bond motifs is 1. The van der Waals surface area contributed by atoms with E-state index in [0.29, 0.717) is 25.0 Å². The van der Waals surface area contributed by atoms with E-state index in [1.165, 1.54) is 5.56 Å². The second-order valence-corrected chi connectivity index (χ2v) is 8.86. The van der Waals surface area contributed by atoms with Crippen molar-refractivity contribution >= 4 is 16.9 Å². The van der Waals surface area contributed by atoms with Crippen molar-refractivity contribution in [3.63, 3.8) is 0 Å². The van der Waals surface area contributed by atoms with Crippen LogP contribution in [0, 0.1) is 0 Å². The Balaban J connectivity index is 1.34. The van der Waals surface area contributed by atoms with Crippen molar-refractivity contribution in [2.45, 2.75) is 57.5 Å². The summed E-state index contributed by atoms with van der Waals surface area (Å²) in [5, 5.41) is 0. The lowest BCUT2D eigenvalue weighted by molar-refractivity contribution is -0.128. The molecule has 1 aliphatic carbocycles. The van der Waals surface area contributed by atoms with Gasteiger partial charge in [-0.25, -0.2) is 4.98 Å². The predicted molar refractivity (Wildman–Crippen MR) is 118 cm³/mol. The van der Waals surface area contributed by atoms with Gasteiger partial charge in [0.15, 0.2) is 0 Å². The molecule has 3 aromatic rings. The minimum Gasteiger partial charge on any atom is -0.492 e. The van der Waals surface area contributed by atoms with Crippen LogP contribution in [0.3, 0.4) is 0 Å². The third kappa shape index (κ3) is 3.69. The van der Waals surface area contributed by atoms with Gasteiger partial charge in [-0.1, -0.05) is 38.1 Å². The summed E-state index contributed by atoms with van der Waals surface area (Å²) in [6.07, 6.45) is 2.87. The first-order valence-corrected chi connectivity index (χ1v) is 11.1. The molecule has 0 bridgehead atoms. The zero-order valence-electron chi connectivity index (χ0n) is 17.8. The highest BCUT2D eigenvalue weighted by molar-refractivity contribution is 5.81. The fourth-order valence-corrected chi connectivity index (χ4v) is 4.49. The van der Waals surface area contributed by atoms with Gasteiger partial charge in [0.1, 0.15) is 18.2 Å². The van der Waals surface area contributed by atoms with Crippen LogP contribution >= 0.6 is 0 Å². The van der Waals surface area contributed by atoms with Gasteiger partial charge in [0, 0.05) is 24.9 Å². The molecule has 2 aliphatic rings. The molecule has 2 aromatic carbocycles. The second-order valence-electron chi connectivity index (χ2n) is 8.86. The highest BCUT2D eigenvalue weighted by atomic mass is 16.5. The molecule has 1 unspecified atom stereocenters. The monoisotopic (exact) mass is 403 g/mol. The number of carbonyl (C=O) groups excluding carboxylic acids is 1. The summed E-state index contributed by atoms with van der Waals surface area (Å²) >= 11 is 0. The molecule has 0 spiro atoms. The van der Waals surface area contributed by atoms with Crippen molar-refractivity contribution in [3.8, 4) is 5.75 Å². The molecule has 0 N–H and O–H groups in total. The van der Waals surface area contributed by atoms with E-state index in [1.807, 2.05) is 24.3 Å². The Morgan fingerprint density at radius 1 is 1.10 bits per heavy atom. The van der Waals surface area contributed by atoms with Crippen LogP contribution in [0.1, 0.15) is 56.3 Å². The number of para-hydroxylation sites is 2. The van der Waals surface area contributed by atoms with E-state index in [1.54, 1.807) is 0 Å². The van der Waals surface area contributed by atoms with Crippen molar-refractivity contribution in [1.82, 2.24) is 14.5 Å². The molecular weight excluding hydrogens is 374 g/mol. The number of aromatic nitrogens is 2. The summed E-state index contributed by atoms with van der Waals surface area (Å²) in [7, 11) is 0. The van der Waals surface area contributed by atoms with Crippen molar-refractivity contribution in [2.75, 3.05) is 13.2 Å². The zero-order chi connectivity index (χ0) is 20.7. The number of likely N-dealkylation sites (tertiary alicyclic amines) is 1. The molecule has 1 aliphatic heterocycles. The first-order valence-electron chi connectivity index (χ1n) is 11.1. The summed E-state index contributed by atoms with van der Waals surface area (Å²) in [5.74, 6) is 2.87. The largest absolute Gasteiger partial charge is 0.492 e. The molecule has 1 saturated carbocycles. The molecule has 1 amide bonds. The maximum Gasteiger partial charge on any atom is 0.223 e. The maximum absolute atomic E-state index is 12.5. The number of amides is 1. The van der Waals surface area contributed by atoms with E-state index in [4.69, 9.17) is 9.72 Å². The molecule has 2 heterocycles. The van der Waals surface area contributed by atoms with Gasteiger partial charge < -0.3 is 14.2 Å². The first kappa shape index (κ1) is 19.2. The van der Waals surface area contributed by atoms with Gasteiger partial charge in [0.2, 0.25) is 5.91 Å². The highest BCUT2D eigenvalue weighted by Gasteiger charge is 2.41. The van der Waals surface area contributed by atoms with Crippen LogP contribution in [0.15, 0.2) is 48.5 Å². The normalized spacial score (nSPS) is 19.2. The molecule has 1 saturated heterocycles. The average Bonchev–Trinajstić information content (AvgIpc) is 3.42. The molecule has 0 radical (unpaired) electrons. The van der Waals surface area contributed by atoms with E-state index in [2.05, 4.69) is 47.6 Å². The minimum atomic E-state index is 0.163. The van der Waals surface area contributed by atoms with Crippen molar-refractivity contribution in [3.05, 3.63) is 59.9 Å². The van der Waals surface area contributed by atoms with E-state index >= 15 is 0 Å². The third-order valence-corrected chi connectivity index (χ3v) is 6.33. The highest BCUT2D eigenvalue weighted by Crippen LogP contribution is 2.37. The van der Waals surface area contributed by atoms with Crippen LogP contribution in [0.5, 0.6) is 5.75 Å². The maximum atomic E-state index is 12.5. The van der Waals surface area contributed by atoms with Crippen LogP contribution in [0.4, 0.5) is 0 Å². The molecule has 30 heavy (non-hydrogen) atoms. The van der Waals surface area contributed by atoms with Crippen LogP contribution in [0.25, 0.3) is 11.0 Å². The van der Waals surface area contributed by atoms with E-state index in [0.717, 1.165) is 48.5 Å². The van der Waals surface area contributed by atoms with Crippen molar-refractivity contribution < 1.29 is 9.53 Å². The topological polar surface area (TPSA) is 47.4 Å². The number of imidazole rings is 1. The SMILES string of the molecule is CC(C)c1ccc(OCCn2c(C3CC(=O)N(C4CC4)C3)nc3ccccc32)cc1. The summed E-state index contributed by atoms with van der Waals surface area (Å²) < 4.78 is 8.30. The molecule has 5 nitrogen and oxygen atoms in total. The molecule has 5 rings (SSSR count). The van der Waals surface area contributed by atoms with E-state index in [9.17, 15) is 4.79 Å². The number of hydrogen-bond donors (Lipinski definition) is 0. The van der Waals surface area contributed by atoms with Gasteiger partial charge in [-0.2, -0.15) is 0 Å². The fraction of sp³-hybridized carbons (Fsp3) is 0.440. The number of ether oxygens (including phenoxy) is 1. The Labute approximate surface area is 177 Å². The van der Waals surface area contributed by atoms with E-state index in [-0.39, 0.29) is 11.8 Å². The Morgan fingerprint density at radius 3 is 2.60 bits per heavy atom. The Hall–Kier alpha value is -2.82. The smallest absolute Gasteiger partial charge is 0.223 e. The van der Waals surface area contributed by atoms with Crippen molar-refractivity contribution in [1.29, 1.82) is 0 Å². The molecule has 5 heteroatoms. The molecular formula is C25H29N3O2. The lowest BCUT2D eigenvalue weighted by Gasteiger charge is -2.17. The molecule has 156 valence electrons. The fourth-order valence-electron chi connectivity index (χ4n) is 4.49. The third-order valence-electron chi connectivity index (χ3n) is 6.33. The standard InChI is InChI=1S/C25H29N3O2/c1-17(2)18-7-11-21(12-8-18)30-14-13-27-23-6-4-3-5-22(23)26-25(27)19-15-24(29)28(16-19)20-9-10-20/h3-8,11-12,17,19-20H,9-10,13-16H2,1-2H3. The summed E-state index contributed by atoms with van der Waals surface area (Å²) in [6.45, 7) is 6.47. The van der Waals surface area contributed by atoms with Crippen molar-refractivity contribution in [2.24, 2.45) is 0 Å². The summed E-state index contributed by atoms with van der Waals surface area (Å²) in [4.78, 5) is 19.5. The predicted octanol–water partition coefficient (Wildman–Crippen LogP) is 4.72. The van der Waals surface area contributed by atoms with Gasteiger partial charge in [0.25, 0.3) is 0 Å². The van der Waals surface area contributed by atoms with Crippen LogP contribution in [0.2, 0.25) is 0 Å². The quantitative estimate of drug-likeness (QED) is 0.574. The zero-order valence-corrected chi connectivity index (χ0v) is 17.8. The molecule has 1 aromatic heterocycles. The second kappa shape index (κ2) is 7.78. The Kier molecular flexibility index (Phi) is 4.97.